The first-order chi connectivity index (χ1) is 17.1. The molecule has 4 aromatic rings. The molecule has 1 unspecified atom stereocenters. The largest absolute Gasteiger partial charge is 0.372 e. The van der Waals surface area contributed by atoms with Crippen LogP contribution in [0.4, 0.5) is 14.5 Å². The van der Waals surface area contributed by atoms with Crippen LogP contribution in [-0.2, 0) is 27.0 Å². The van der Waals surface area contributed by atoms with E-state index in [1.54, 1.807) is 48.5 Å². The number of primary sulfonamides is 1. The Balaban J connectivity index is 1.49. The number of rotatable bonds is 5. The molecule has 7 nitrogen and oxygen atoms in total. The number of nitrogens with zero attached hydrogens (tertiary/aromatic N) is 2. The van der Waals surface area contributed by atoms with Crippen molar-refractivity contribution in [3.63, 3.8) is 0 Å². The monoisotopic (exact) mass is 507 g/mol. The van der Waals surface area contributed by atoms with Crippen LogP contribution in [0.15, 0.2) is 90.1 Å². The number of para-hydroxylation sites is 1. The van der Waals surface area contributed by atoms with Gasteiger partial charge in [0.2, 0.25) is 10.0 Å². The first-order valence-electron chi connectivity index (χ1n) is 10.8. The molecule has 1 amide bonds. The lowest BCUT2D eigenvalue weighted by Crippen LogP contribution is -2.40. The number of hydrogen-bond acceptors (Lipinski definition) is 5. The summed E-state index contributed by atoms with van der Waals surface area (Å²) in [5.74, 6) is -2.20. The fourth-order valence-corrected chi connectivity index (χ4v) is 4.92. The van der Waals surface area contributed by atoms with E-state index in [0.717, 1.165) is 12.4 Å². The number of fused-ring (bicyclic) bond motifs is 1. The summed E-state index contributed by atoms with van der Waals surface area (Å²) in [4.78, 5) is 18.3. The van der Waals surface area contributed by atoms with Gasteiger partial charge in [-0.1, -0.05) is 54.6 Å². The third kappa shape index (κ3) is 3.85. The lowest BCUT2D eigenvalue weighted by Gasteiger charge is -2.24. The normalized spacial score (nSPS) is 17.3. The topological polar surface area (TPSA) is 114 Å². The van der Waals surface area contributed by atoms with Crippen LogP contribution in [0.5, 0.6) is 0 Å². The van der Waals surface area contributed by atoms with Gasteiger partial charge in [0.25, 0.3) is 5.91 Å². The zero-order valence-corrected chi connectivity index (χ0v) is 19.4. The van der Waals surface area contributed by atoms with Crippen LogP contribution in [0.3, 0.4) is 0 Å². The molecule has 1 aliphatic rings. The average molecular weight is 508 g/mol. The molecule has 1 atom stereocenters. The number of benzene rings is 3. The molecule has 0 spiro atoms. The molecule has 182 valence electrons. The van der Waals surface area contributed by atoms with Gasteiger partial charge in [-0.2, -0.15) is 0 Å². The van der Waals surface area contributed by atoms with Gasteiger partial charge in [0.15, 0.2) is 17.2 Å². The van der Waals surface area contributed by atoms with Gasteiger partial charge in [0, 0.05) is 5.56 Å². The molecular weight excluding hydrogens is 488 g/mol. The third-order valence-electron chi connectivity index (χ3n) is 6.18. The number of aromatic nitrogens is 1. The summed E-state index contributed by atoms with van der Waals surface area (Å²) in [6, 6.07) is 18.3. The van der Waals surface area contributed by atoms with Crippen molar-refractivity contribution in [3.05, 3.63) is 114 Å². The van der Waals surface area contributed by atoms with Gasteiger partial charge in [-0.3, -0.25) is 9.78 Å². The van der Waals surface area contributed by atoms with Crippen molar-refractivity contribution in [1.82, 2.24) is 4.98 Å². The second-order valence-electron chi connectivity index (χ2n) is 8.36. The predicted molar refractivity (Wildman–Crippen MR) is 128 cm³/mol. The molecule has 0 aliphatic carbocycles. The highest BCUT2D eigenvalue weighted by Crippen LogP contribution is 2.45. The Morgan fingerprint density at radius 2 is 1.53 bits per heavy atom. The SMILES string of the molecule is NS(=O)(=O)c1ccc(C2(O)C(=O)N(Cc3ccc(-c4c(F)cncc4F)cc3)c3ccccc32)cc1. The number of halogens is 2. The van der Waals surface area contributed by atoms with E-state index >= 15 is 0 Å². The molecule has 1 aromatic heterocycles. The number of carbonyl (C=O) groups excluding carboxylic acids is 1. The summed E-state index contributed by atoms with van der Waals surface area (Å²) in [5, 5.41) is 16.8. The second-order valence-corrected chi connectivity index (χ2v) is 9.92. The van der Waals surface area contributed by atoms with E-state index in [2.05, 4.69) is 4.98 Å². The van der Waals surface area contributed by atoms with Crippen molar-refractivity contribution in [2.24, 2.45) is 5.14 Å². The van der Waals surface area contributed by atoms with E-state index in [4.69, 9.17) is 5.14 Å². The van der Waals surface area contributed by atoms with Crippen molar-refractivity contribution in [3.8, 4) is 11.1 Å². The van der Waals surface area contributed by atoms with Crippen molar-refractivity contribution >= 4 is 21.6 Å². The molecule has 36 heavy (non-hydrogen) atoms. The highest BCUT2D eigenvalue weighted by atomic mass is 32.2. The first kappa shape index (κ1) is 23.7. The van der Waals surface area contributed by atoms with E-state index in [1.165, 1.54) is 29.2 Å². The molecule has 0 bridgehead atoms. The first-order valence-corrected chi connectivity index (χ1v) is 12.3. The Hall–Kier alpha value is -3.99. The van der Waals surface area contributed by atoms with Crippen molar-refractivity contribution in [2.75, 3.05) is 4.90 Å². The minimum absolute atomic E-state index is 0.0784. The molecule has 0 saturated heterocycles. The number of carbonyl (C=O) groups is 1. The number of hydrogen-bond donors (Lipinski definition) is 2. The number of nitrogens with two attached hydrogens (primary N) is 1. The quantitative estimate of drug-likeness (QED) is 0.430. The van der Waals surface area contributed by atoms with Gasteiger partial charge in [-0.15, -0.1) is 0 Å². The van der Waals surface area contributed by atoms with Crippen LogP contribution in [0.25, 0.3) is 11.1 Å². The van der Waals surface area contributed by atoms with Gasteiger partial charge >= 0.3 is 0 Å². The lowest BCUT2D eigenvalue weighted by molar-refractivity contribution is -0.132. The van der Waals surface area contributed by atoms with Crippen molar-refractivity contribution in [2.45, 2.75) is 17.0 Å². The Bertz CT molecular complexity index is 1570. The number of anilines is 1. The molecule has 3 N–H and O–H groups in total. The Morgan fingerprint density at radius 1 is 0.917 bits per heavy atom. The van der Waals surface area contributed by atoms with E-state index in [1.807, 2.05) is 0 Å². The maximum atomic E-state index is 14.1. The number of aliphatic hydroxyl groups is 1. The van der Waals surface area contributed by atoms with Crippen molar-refractivity contribution in [1.29, 1.82) is 0 Å². The third-order valence-corrected chi connectivity index (χ3v) is 7.11. The summed E-state index contributed by atoms with van der Waals surface area (Å²) in [5.41, 5.74) is -0.255. The highest BCUT2D eigenvalue weighted by molar-refractivity contribution is 7.89. The maximum Gasteiger partial charge on any atom is 0.268 e. The van der Waals surface area contributed by atoms with E-state index in [0.29, 0.717) is 22.4 Å². The summed E-state index contributed by atoms with van der Waals surface area (Å²) in [6.45, 7) is 0.0784. The van der Waals surface area contributed by atoms with Crippen LogP contribution in [-0.4, -0.2) is 24.4 Å². The zero-order chi connectivity index (χ0) is 25.7. The van der Waals surface area contributed by atoms with E-state index in [-0.39, 0.29) is 22.6 Å². The van der Waals surface area contributed by atoms with Gasteiger partial charge in [0.1, 0.15) is 0 Å². The minimum Gasteiger partial charge on any atom is -0.372 e. The van der Waals surface area contributed by atoms with Crippen LogP contribution >= 0.6 is 0 Å². The summed E-state index contributed by atoms with van der Waals surface area (Å²) in [7, 11) is -3.94. The second kappa shape index (κ2) is 8.59. The lowest BCUT2D eigenvalue weighted by atomic mass is 9.87. The Morgan fingerprint density at radius 3 is 2.14 bits per heavy atom. The fourth-order valence-electron chi connectivity index (χ4n) is 4.40. The highest BCUT2D eigenvalue weighted by Gasteiger charge is 2.50. The molecule has 10 heteroatoms. The average Bonchev–Trinajstić information content (AvgIpc) is 3.07. The van der Waals surface area contributed by atoms with Gasteiger partial charge in [-0.25, -0.2) is 22.3 Å². The summed E-state index contributed by atoms with van der Waals surface area (Å²) >= 11 is 0. The number of amides is 1. The molecular formula is C26H19F2N3O4S. The van der Waals surface area contributed by atoms with Gasteiger partial charge in [-0.05, 0) is 34.9 Å². The maximum absolute atomic E-state index is 14.1. The van der Waals surface area contributed by atoms with Crippen LogP contribution in [0.1, 0.15) is 16.7 Å². The predicted octanol–water partition coefficient (Wildman–Crippen LogP) is 3.46. The molecule has 0 radical (unpaired) electrons. The van der Waals surface area contributed by atoms with Crippen LogP contribution < -0.4 is 10.0 Å². The van der Waals surface area contributed by atoms with Gasteiger partial charge in [0.05, 0.1) is 35.1 Å². The Labute approximate surface area is 205 Å². The van der Waals surface area contributed by atoms with E-state index in [9.17, 15) is 27.1 Å². The molecule has 5 rings (SSSR count). The molecule has 2 heterocycles. The molecule has 3 aromatic carbocycles. The van der Waals surface area contributed by atoms with Gasteiger partial charge < -0.3 is 10.0 Å². The number of sulfonamides is 1. The molecule has 0 fully saturated rings. The minimum atomic E-state index is -3.94. The fraction of sp³-hybridized carbons (Fsp3) is 0.0769. The smallest absolute Gasteiger partial charge is 0.268 e. The zero-order valence-electron chi connectivity index (χ0n) is 18.6. The summed E-state index contributed by atoms with van der Waals surface area (Å²) < 4.78 is 51.4. The van der Waals surface area contributed by atoms with Crippen LogP contribution in [0.2, 0.25) is 0 Å². The van der Waals surface area contributed by atoms with Crippen LogP contribution in [0, 0.1) is 11.6 Å². The molecule has 1 aliphatic heterocycles. The number of pyridine rings is 1. The van der Waals surface area contributed by atoms with E-state index < -0.39 is 33.2 Å². The molecule has 0 saturated carbocycles. The van der Waals surface area contributed by atoms with Crippen molar-refractivity contribution < 1.29 is 27.1 Å². The summed E-state index contributed by atoms with van der Waals surface area (Å²) in [6.07, 6.45) is 1.87. The standard InChI is InChI=1S/C26H19F2N3O4S/c27-21-13-30-14-22(28)24(21)17-7-5-16(6-8-17)15-31-23-4-2-1-3-20(23)26(33,25(31)32)18-9-11-19(12-10-18)36(29,34)35/h1-14,33H,15H2,(H2,29,34,35). The Kier molecular flexibility index (Phi) is 5.67.